The summed E-state index contributed by atoms with van der Waals surface area (Å²) in [5.74, 6) is 0.785. The van der Waals surface area contributed by atoms with Crippen molar-refractivity contribution in [2.45, 2.75) is 19.0 Å². The smallest absolute Gasteiger partial charge is 0.340 e. The normalized spacial score (nSPS) is 10.7. The fourth-order valence-electron chi connectivity index (χ4n) is 2.77. The largest absolute Gasteiger partial charge is 0.493 e. The number of nitrogens with zero attached hydrogens (tertiary/aromatic N) is 3. The Kier molecular flexibility index (Phi) is 7.11. The molecule has 1 aromatic carbocycles. The number of thiophene rings is 1. The number of aryl methyl sites for hydroxylation is 1. The Balaban J connectivity index is 1.69. The summed E-state index contributed by atoms with van der Waals surface area (Å²) in [6.45, 7) is 4.34. The molecule has 0 bridgehead atoms. The third-order valence-electron chi connectivity index (χ3n) is 4.11. The van der Waals surface area contributed by atoms with Gasteiger partial charge in [-0.15, -0.1) is 21.5 Å². The quantitative estimate of drug-likeness (QED) is 0.416. The Morgan fingerprint density at radius 1 is 1.27 bits per heavy atom. The standard InChI is InChI=1S/C20H22N4O4S2/c1-5-28-15-9-7-6-8-13(15)17-22-23-20(24(17)3)29-11-16(25)21-18-14(19(26)27-4)10-12(2)30-18/h6-10H,5,11H2,1-4H3,(H,21,25). The number of methoxy groups -OCH3 is 1. The minimum Gasteiger partial charge on any atom is -0.493 e. The van der Waals surface area contributed by atoms with E-state index in [2.05, 4.69) is 15.5 Å². The molecule has 0 aliphatic heterocycles. The molecule has 0 aliphatic carbocycles. The van der Waals surface area contributed by atoms with Gasteiger partial charge in [0.05, 0.1) is 30.6 Å². The van der Waals surface area contributed by atoms with Crippen molar-refractivity contribution in [3.8, 4) is 17.1 Å². The molecule has 1 N–H and O–H groups in total. The predicted octanol–water partition coefficient (Wildman–Crippen LogP) is 3.77. The van der Waals surface area contributed by atoms with Crippen LogP contribution in [0.25, 0.3) is 11.4 Å². The first-order chi connectivity index (χ1) is 14.4. The van der Waals surface area contributed by atoms with Crippen LogP contribution in [0.5, 0.6) is 5.75 Å². The molecule has 3 rings (SSSR count). The Bertz CT molecular complexity index is 1060. The summed E-state index contributed by atoms with van der Waals surface area (Å²) < 4.78 is 12.3. The third kappa shape index (κ3) is 4.82. The summed E-state index contributed by atoms with van der Waals surface area (Å²) in [5, 5.41) is 12.3. The minimum absolute atomic E-state index is 0.122. The van der Waals surface area contributed by atoms with Gasteiger partial charge >= 0.3 is 5.97 Å². The van der Waals surface area contributed by atoms with E-state index >= 15 is 0 Å². The first-order valence-corrected chi connectivity index (χ1v) is 11.0. The highest BCUT2D eigenvalue weighted by atomic mass is 32.2. The number of carbonyl (C=O) groups is 2. The van der Waals surface area contributed by atoms with Crippen molar-refractivity contribution in [1.29, 1.82) is 0 Å². The summed E-state index contributed by atoms with van der Waals surface area (Å²) in [7, 11) is 3.16. The summed E-state index contributed by atoms with van der Waals surface area (Å²) in [5.41, 5.74) is 1.19. The molecule has 0 saturated heterocycles. The van der Waals surface area contributed by atoms with Gasteiger partial charge in [0.1, 0.15) is 10.8 Å². The van der Waals surface area contributed by atoms with Crippen molar-refractivity contribution in [1.82, 2.24) is 14.8 Å². The van der Waals surface area contributed by atoms with Crippen LogP contribution < -0.4 is 10.1 Å². The number of rotatable bonds is 8. The zero-order valence-corrected chi connectivity index (χ0v) is 18.7. The van der Waals surface area contributed by atoms with Gasteiger partial charge in [0.15, 0.2) is 11.0 Å². The number of thioether (sulfide) groups is 1. The van der Waals surface area contributed by atoms with Crippen LogP contribution in [0, 0.1) is 6.92 Å². The number of nitrogens with one attached hydrogen (secondary N) is 1. The minimum atomic E-state index is -0.479. The van der Waals surface area contributed by atoms with Crippen LogP contribution >= 0.6 is 23.1 Å². The van der Waals surface area contributed by atoms with Crippen LogP contribution in [0.2, 0.25) is 0 Å². The lowest BCUT2D eigenvalue weighted by Gasteiger charge is -2.09. The van der Waals surface area contributed by atoms with Crippen molar-refractivity contribution < 1.29 is 19.1 Å². The number of para-hydroxylation sites is 1. The van der Waals surface area contributed by atoms with Crippen LogP contribution in [-0.4, -0.2) is 46.1 Å². The molecular formula is C20H22N4O4S2. The van der Waals surface area contributed by atoms with E-state index in [4.69, 9.17) is 9.47 Å². The van der Waals surface area contributed by atoms with E-state index < -0.39 is 5.97 Å². The third-order valence-corrected chi connectivity index (χ3v) is 6.09. The number of ether oxygens (including phenoxy) is 2. The number of carbonyl (C=O) groups excluding carboxylic acids is 2. The highest BCUT2D eigenvalue weighted by Crippen LogP contribution is 2.31. The van der Waals surface area contributed by atoms with Gasteiger partial charge in [-0.2, -0.15) is 0 Å². The molecule has 8 nitrogen and oxygen atoms in total. The molecule has 158 valence electrons. The zero-order chi connectivity index (χ0) is 21.7. The molecule has 0 fully saturated rings. The van der Waals surface area contributed by atoms with Gasteiger partial charge in [-0.25, -0.2) is 4.79 Å². The second-order valence-electron chi connectivity index (χ2n) is 6.22. The molecule has 0 atom stereocenters. The van der Waals surface area contributed by atoms with Gasteiger partial charge in [-0.1, -0.05) is 23.9 Å². The average molecular weight is 447 g/mol. The molecular weight excluding hydrogens is 424 g/mol. The number of hydrogen-bond donors (Lipinski definition) is 1. The lowest BCUT2D eigenvalue weighted by Crippen LogP contribution is -2.16. The molecule has 0 unspecified atom stereocenters. The topological polar surface area (TPSA) is 95.3 Å². The lowest BCUT2D eigenvalue weighted by molar-refractivity contribution is -0.113. The Labute approximate surface area is 182 Å². The number of esters is 1. The van der Waals surface area contributed by atoms with E-state index in [1.165, 1.54) is 30.2 Å². The van der Waals surface area contributed by atoms with E-state index in [0.717, 1.165) is 16.2 Å². The molecule has 0 spiro atoms. The van der Waals surface area contributed by atoms with Gasteiger partial charge in [-0.3, -0.25) is 4.79 Å². The Morgan fingerprint density at radius 2 is 2.03 bits per heavy atom. The average Bonchev–Trinajstić information content (AvgIpc) is 3.28. The van der Waals surface area contributed by atoms with Crippen LogP contribution in [-0.2, 0) is 16.6 Å². The first kappa shape index (κ1) is 21.8. The Hall–Kier alpha value is -2.85. The van der Waals surface area contributed by atoms with Crippen LogP contribution in [0.3, 0.4) is 0 Å². The second kappa shape index (κ2) is 9.77. The molecule has 0 radical (unpaired) electrons. The van der Waals surface area contributed by atoms with Gasteiger partial charge in [0, 0.05) is 11.9 Å². The van der Waals surface area contributed by atoms with E-state index in [-0.39, 0.29) is 11.7 Å². The van der Waals surface area contributed by atoms with Crippen molar-refractivity contribution in [2.24, 2.45) is 7.05 Å². The molecule has 3 aromatic rings. The van der Waals surface area contributed by atoms with Crippen LogP contribution in [0.15, 0.2) is 35.5 Å². The molecule has 10 heteroatoms. The van der Waals surface area contributed by atoms with E-state index in [1.807, 2.05) is 49.7 Å². The summed E-state index contributed by atoms with van der Waals surface area (Å²) in [4.78, 5) is 25.2. The van der Waals surface area contributed by atoms with Crippen LogP contribution in [0.4, 0.5) is 5.00 Å². The van der Waals surface area contributed by atoms with Crippen molar-refractivity contribution >= 4 is 40.0 Å². The highest BCUT2D eigenvalue weighted by Gasteiger charge is 2.19. The van der Waals surface area contributed by atoms with Gasteiger partial charge < -0.3 is 19.4 Å². The molecule has 1 amide bonds. The van der Waals surface area contributed by atoms with Crippen LogP contribution in [0.1, 0.15) is 22.2 Å². The van der Waals surface area contributed by atoms with Crippen molar-refractivity contribution in [2.75, 3.05) is 24.8 Å². The lowest BCUT2D eigenvalue weighted by atomic mass is 10.2. The van der Waals surface area contributed by atoms with Crippen molar-refractivity contribution in [3.63, 3.8) is 0 Å². The van der Waals surface area contributed by atoms with Gasteiger partial charge in [0.2, 0.25) is 5.91 Å². The molecule has 2 heterocycles. The second-order valence-corrected chi connectivity index (χ2v) is 8.42. The van der Waals surface area contributed by atoms with Gasteiger partial charge in [-0.05, 0) is 32.0 Å². The maximum absolute atomic E-state index is 12.4. The molecule has 0 saturated carbocycles. The van der Waals surface area contributed by atoms with E-state index in [1.54, 1.807) is 6.07 Å². The maximum Gasteiger partial charge on any atom is 0.340 e. The number of benzene rings is 1. The molecule has 30 heavy (non-hydrogen) atoms. The molecule has 0 aliphatic rings. The Morgan fingerprint density at radius 3 is 2.77 bits per heavy atom. The van der Waals surface area contributed by atoms with E-state index in [9.17, 15) is 9.59 Å². The number of anilines is 1. The zero-order valence-electron chi connectivity index (χ0n) is 17.1. The number of amides is 1. The van der Waals surface area contributed by atoms with E-state index in [0.29, 0.717) is 28.2 Å². The van der Waals surface area contributed by atoms with Gasteiger partial charge in [0.25, 0.3) is 0 Å². The fourth-order valence-corrected chi connectivity index (χ4v) is 4.40. The molecule has 2 aromatic heterocycles. The summed E-state index contributed by atoms with van der Waals surface area (Å²) >= 11 is 2.59. The maximum atomic E-state index is 12.4. The monoisotopic (exact) mass is 446 g/mol. The highest BCUT2D eigenvalue weighted by molar-refractivity contribution is 7.99. The van der Waals surface area contributed by atoms with Crippen molar-refractivity contribution in [3.05, 3.63) is 40.8 Å². The fraction of sp³-hybridized carbons (Fsp3) is 0.300. The SMILES string of the molecule is CCOc1ccccc1-c1nnc(SCC(=O)Nc2sc(C)cc2C(=O)OC)n1C. The summed E-state index contributed by atoms with van der Waals surface area (Å²) in [6, 6.07) is 9.32. The number of hydrogen-bond acceptors (Lipinski definition) is 8. The summed E-state index contributed by atoms with van der Waals surface area (Å²) in [6.07, 6.45) is 0. The first-order valence-electron chi connectivity index (χ1n) is 9.17. The predicted molar refractivity (Wildman–Crippen MR) is 117 cm³/mol. The number of aromatic nitrogens is 3.